The molecule has 3 heteroatoms. The second kappa shape index (κ2) is 7.80. The number of rotatable bonds is 8. The summed E-state index contributed by atoms with van der Waals surface area (Å²) in [7, 11) is 0. The van der Waals surface area contributed by atoms with Gasteiger partial charge in [0.05, 0.1) is 6.42 Å². The van der Waals surface area contributed by atoms with Crippen LogP contribution in [0, 0.1) is 5.92 Å². The highest BCUT2D eigenvalue weighted by Crippen LogP contribution is 2.07. The third-order valence-corrected chi connectivity index (χ3v) is 2.25. The Labute approximate surface area is 86.9 Å². The standard InChI is InChI=1S/C11H23NO2/c1-9(2)5-4-6-10(3)12-8-7-11(13)14/h9-10,12H,4-8H2,1-3H3,(H,13,14). The summed E-state index contributed by atoms with van der Waals surface area (Å²) in [4.78, 5) is 10.2. The predicted molar refractivity (Wildman–Crippen MR) is 58.4 cm³/mol. The Morgan fingerprint density at radius 3 is 2.43 bits per heavy atom. The summed E-state index contributed by atoms with van der Waals surface area (Å²) in [5, 5.41) is 11.6. The van der Waals surface area contributed by atoms with Gasteiger partial charge in [-0.05, 0) is 19.3 Å². The van der Waals surface area contributed by atoms with Gasteiger partial charge in [0.25, 0.3) is 0 Å². The van der Waals surface area contributed by atoms with E-state index in [0.29, 0.717) is 12.6 Å². The number of hydrogen-bond acceptors (Lipinski definition) is 2. The molecular weight excluding hydrogens is 178 g/mol. The SMILES string of the molecule is CC(C)CCCC(C)NCCC(=O)O. The van der Waals surface area contributed by atoms with Crippen LogP contribution in [0.3, 0.4) is 0 Å². The van der Waals surface area contributed by atoms with Crippen LogP contribution in [0.4, 0.5) is 0 Å². The number of hydrogen-bond donors (Lipinski definition) is 2. The van der Waals surface area contributed by atoms with Gasteiger partial charge >= 0.3 is 5.97 Å². The van der Waals surface area contributed by atoms with Gasteiger partial charge in [-0.1, -0.05) is 26.7 Å². The maximum absolute atomic E-state index is 10.2. The van der Waals surface area contributed by atoms with Crippen molar-refractivity contribution < 1.29 is 9.90 Å². The quantitative estimate of drug-likeness (QED) is 0.633. The number of carboxylic acids is 1. The van der Waals surface area contributed by atoms with Crippen molar-refractivity contribution in [3.63, 3.8) is 0 Å². The Kier molecular flexibility index (Phi) is 7.48. The minimum Gasteiger partial charge on any atom is -0.481 e. The molecule has 0 aromatic heterocycles. The third kappa shape index (κ3) is 9.52. The van der Waals surface area contributed by atoms with Crippen LogP contribution in [0.5, 0.6) is 0 Å². The highest BCUT2D eigenvalue weighted by Gasteiger charge is 2.03. The van der Waals surface area contributed by atoms with Crippen LogP contribution in [0.25, 0.3) is 0 Å². The van der Waals surface area contributed by atoms with Gasteiger partial charge < -0.3 is 10.4 Å². The summed E-state index contributed by atoms with van der Waals surface area (Å²) in [6.45, 7) is 7.14. The second-order valence-electron chi connectivity index (χ2n) is 4.32. The van der Waals surface area contributed by atoms with E-state index in [9.17, 15) is 4.79 Å². The minimum absolute atomic E-state index is 0.217. The average molecular weight is 201 g/mol. The van der Waals surface area contributed by atoms with Crippen LogP contribution in [0.2, 0.25) is 0 Å². The van der Waals surface area contributed by atoms with E-state index in [4.69, 9.17) is 5.11 Å². The Morgan fingerprint density at radius 1 is 1.29 bits per heavy atom. The zero-order valence-electron chi connectivity index (χ0n) is 9.55. The minimum atomic E-state index is -0.730. The Hall–Kier alpha value is -0.570. The van der Waals surface area contributed by atoms with Gasteiger partial charge in [-0.15, -0.1) is 0 Å². The Morgan fingerprint density at radius 2 is 1.93 bits per heavy atom. The van der Waals surface area contributed by atoms with Gasteiger partial charge in [-0.3, -0.25) is 4.79 Å². The molecule has 1 atom stereocenters. The van der Waals surface area contributed by atoms with Crippen molar-refractivity contribution in [2.45, 2.75) is 52.5 Å². The lowest BCUT2D eigenvalue weighted by molar-refractivity contribution is -0.136. The Balaban J connectivity index is 3.27. The van der Waals surface area contributed by atoms with Crippen LogP contribution < -0.4 is 5.32 Å². The van der Waals surface area contributed by atoms with Gasteiger partial charge in [0, 0.05) is 12.6 Å². The molecule has 0 aromatic carbocycles. The zero-order chi connectivity index (χ0) is 11.0. The van der Waals surface area contributed by atoms with Crippen LogP contribution >= 0.6 is 0 Å². The molecule has 0 fully saturated rings. The number of carbonyl (C=O) groups is 1. The van der Waals surface area contributed by atoms with Crippen LogP contribution in [-0.4, -0.2) is 23.7 Å². The van der Waals surface area contributed by atoms with E-state index in [1.165, 1.54) is 12.8 Å². The monoisotopic (exact) mass is 201 g/mol. The maximum Gasteiger partial charge on any atom is 0.304 e. The molecule has 0 rings (SSSR count). The van der Waals surface area contributed by atoms with Crippen molar-refractivity contribution in [3.05, 3.63) is 0 Å². The van der Waals surface area contributed by atoms with Gasteiger partial charge in [0.15, 0.2) is 0 Å². The molecule has 0 aliphatic heterocycles. The molecule has 0 aromatic rings. The fourth-order valence-electron chi connectivity index (χ4n) is 1.36. The molecule has 3 nitrogen and oxygen atoms in total. The molecule has 0 heterocycles. The highest BCUT2D eigenvalue weighted by molar-refractivity contribution is 5.66. The van der Waals surface area contributed by atoms with Crippen molar-refractivity contribution in [1.29, 1.82) is 0 Å². The number of aliphatic carboxylic acids is 1. The van der Waals surface area contributed by atoms with Gasteiger partial charge in [-0.2, -0.15) is 0 Å². The molecule has 0 bridgehead atoms. The van der Waals surface area contributed by atoms with Crippen molar-refractivity contribution in [3.8, 4) is 0 Å². The van der Waals surface area contributed by atoms with Gasteiger partial charge in [0.2, 0.25) is 0 Å². The van der Waals surface area contributed by atoms with Crippen molar-refractivity contribution in [2.75, 3.05) is 6.54 Å². The smallest absolute Gasteiger partial charge is 0.304 e. The van der Waals surface area contributed by atoms with E-state index in [1.807, 2.05) is 0 Å². The lowest BCUT2D eigenvalue weighted by Crippen LogP contribution is -2.28. The van der Waals surface area contributed by atoms with E-state index in [2.05, 4.69) is 26.1 Å². The van der Waals surface area contributed by atoms with Crippen LogP contribution in [0.1, 0.15) is 46.5 Å². The normalized spacial score (nSPS) is 13.1. The van der Waals surface area contributed by atoms with Crippen LogP contribution in [-0.2, 0) is 4.79 Å². The fourth-order valence-corrected chi connectivity index (χ4v) is 1.36. The molecule has 1 unspecified atom stereocenters. The van der Waals surface area contributed by atoms with Crippen molar-refractivity contribution in [2.24, 2.45) is 5.92 Å². The van der Waals surface area contributed by atoms with Gasteiger partial charge in [-0.25, -0.2) is 0 Å². The first kappa shape index (κ1) is 13.4. The lowest BCUT2D eigenvalue weighted by Gasteiger charge is -2.13. The fraction of sp³-hybridized carbons (Fsp3) is 0.909. The Bertz CT molecular complexity index is 157. The largest absolute Gasteiger partial charge is 0.481 e. The third-order valence-electron chi connectivity index (χ3n) is 2.25. The summed E-state index contributed by atoms with van der Waals surface area (Å²) in [6.07, 6.45) is 3.83. The van der Waals surface area contributed by atoms with Gasteiger partial charge in [0.1, 0.15) is 0 Å². The van der Waals surface area contributed by atoms with E-state index in [0.717, 1.165) is 12.3 Å². The average Bonchev–Trinajstić information content (AvgIpc) is 2.02. The molecule has 0 aliphatic rings. The summed E-state index contributed by atoms with van der Waals surface area (Å²) in [5.74, 6) is 0.0353. The summed E-state index contributed by atoms with van der Waals surface area (Å²) < 4.78 is 0. The first-order chi connectivity index (χ1) is 6.52. The lowest BCUT2D eigenvalue weighted by atomic mass is 10.0. The molecule has 0 spiro atoms. The highest BCUT2D eigenvalue weighted by atomic mass is 16.4. The molecule has 0 aliphatic carbocycles. The molecule has 14 heavy (non-hydrogen) atoms. The molecule has 0 amide bonds. The first-order valence-corrected chi connectivity index (χ1v) is 5.47. The molecule has 2 N–H and O–H groups in total. The molecule has 0 saturated carbocycles. The first-order valence-electron chi connectivity index (χ1n) is 5.47. The summed E-state index contributed by atoms with van der Waals surface area (Å²) in [5.41, 5.74) is 0. The molecular formula is C11H23NO2. The molecule has 0 radical (unpaired) electrons. The molecule has 0 saturated heterocycles. The van der Waals surface area contributed by atoms with E-state index < -0.39 is 5.97 Å². The summed E-state index contributed by atoms with van der Waals surface area (Å²) in [6, 6.07) is 0.438. The zero-order valence-corrected chi connectivity index (χ0v) is 9.55. The summed E-state index contributed by atoms with van der Waals surface area (Å²) >= 11 is 0. The number of carboxylic acid groups (broad SMARTS) is 1. The van der Waals surface area contributed by atoms with Crippen molar-refractivity contribution in [1.82, 2.24) is 5.32 Å². The van der Waals surface area contributed by atoms with E-state index >= 15 is 0 Å². The van der Waals surface area contributed by atoms with Crippen molar-refractivity contribution >= 4 is 5.97 Å². The number of nitrogens with one attached hydrogen (secondary N) is 1. The maximum atomic E-state index is 10.2. The second-order valence-corrected chi connectivity index (χ2v) is 4.32. The van der Waals surface area contributed by atoms with E-state index in [-0.39, 0.29) is 6.42 Å². The molecule has 84 valence electrons. The predicted octanol–water partition coefficient (Wildman–Crippen LogP) is 2.27. The van der Waals surface area contributed by atoms with E-state index in [1.54, 1.807) is 0 Å². The van der Waals surface area contributed by atoms with Crippen LogP contribution in [0.15, 0.2) is 0 Å². The topological polar surface area (TPSA) is 49.3 Å².